The Hall–Kier alpha value is -1.52. The molecule has 0 N–H and O–H groups in total. The maximum Gasteiger partial charge on any atom is 0.277 e. The fourth-order valence-electron chi connectivity index (χ4n) is 3.25. The van der Waals surface area contributed by atoms with Gasteiger partial charge in [-0.2, -0.15) is 0 Å². The number of allylic oxidation sites excluding steroid dienone is 1. The predicted octanol–water partition coefficient (Wildman–Crippen LogP) is 2.98. The number of rotatable bonds is 23. The number of unbranched alkanes of at least 4 members (excludes halogenated alkanes) is 3. The molecule has 1 rings (SSSR count). The minimum atomic E-state index is -0.262. The summed E-state index contributed by atoms with van der Waals surface area (Å²) in [5.41, 5.74) is 0.221. The highest BCUT2D eigenvalue weighted by Crippen LogP contribution is 2.20. The second kappa shape index (κ2) is 20.8. The molecular formula is C25H46N2O7. The van der Waals surface area contributed by atoms with E-state index in [0.29, 0.717) is 65.9 Å². The Balaban J connectivity index is 2.14. The summed E-state index contributed by atoms with van der Waals surface area (Å²) in [6.07, 6.45) is 7.60. The summed E-state index contributed by atoms with van der Waals surface area (Å²) in [6.45, 7) is 12.4. The van der Waals surface area contributed by atoms with Crippen molar-refractivity contribution in [3.63, 3.8) is 0 Å². The highest BCUT2D eigenvalue weighted by atomic mass is 16.6. The Morgan fingerprint density at radius 3 is 1.47 bits per heavy atom. The summed E-state index contributed by atoms with van der Waals surface area (Å²) in [5.74, 6) is -0.499. The van der Waals surface area contributed by atoms with Gasteiger partial charge in [-0.3, -0.25) is 9.59 Å². The van der Waals surface area contributed by atoms with Gasteiger partial charge in [0.2, 0.25) is 0 Å². The molecule has 1 aliphatic heterocycles. The minimum absolute atomic E-state index is 0.221. The monoisotopic (exact) mass is 486 g/mol. The number of hydrogen-bond donors (Lipinski definition) is 0. The minimum Gasteiger partial charge on any atom is -0.381 e. The van der Waals surface area contributed by atoms with Gasteiger partial charge in [-0.15, -0.1) is 0 Å². The van der Waals surface area contributed by atoms with Crippen molar-refractivity contribution in [2.75, 3.05) is 79.2 Å². The van der Waals surface area contributed by atoms with Gasteiger partial charge >= 0.3 is 0 Å². The highest BCUT2D eigenvalue weighted by molar-refractivity contribution is 6.22. The third-order valence-corrected chi connectivity index (χ3v) is 5.27. The van der Waals surface area contributed by atoms with Gasteiger partial charge in [-0.25, -0.2) is 10.0 Å². The van der Waals surface area contributed by atoms with E-state index < -0.39 is 0 Å². The molecule has 34 heavy (non-hydrogen) atoms. The molecule has 1 fully saturated rings. The van der Waals surface area contributed by atoms with Crippen molar-refractivity contribution in [3.05, 3.63) is 11.6 Å². The van der Waals surface area contributed by atoms with E-state index in [9.17, 15) is 9.59 Å². The van der Waals surface area contributed by atoms with E-state index in [4.69, 9.17) is 23.7 Å². The zero-order chi connectivity index (χ0) is 24.9. The van der Waals surface area contributed by atoms with Gasteiger partial charge in [-0.1, -0.05) is 32.8 Å². The molecule has 0 aromatic carbocycles. The lowest BCUT2D eigenvalue weighted by atomic mass is 10.2. The van der Waals surface area contributed by atoms with Crippen molar-refractivity contribution >= 4 is 11.8 Å². The third kappa shape index (κ3) is 12.8. The summed E-state index contributed by atoms with van der Waals surface area (Å²) in [4.78, 5) is 25.2. The van der Waals surface area contributed by atoms with Crippen LogP contribution in [0.4, 0.5) is 0 Å². The van der Waals surface area contributed by atoms with Crippen molar-refractivity contribution in [2.24, 2.45) is 0 Å². The number of nitrogens with zero attached hydrogens (tertiary/aromatic N) is 2. The number of amides is 2. The molecule has 0 aromatic rings. The second-order valence-corrected chi connectivity index (χ2v) is 8.04. The largest absolute Gasteiger partial charge is 0.381 e. The molecule has 1 aliphatic rings. The average molecular weight is 487 g/mol. The molecule has 0 aromatic heterocycles. The van der Waals surface area contributed by atoms with Crippen molar-refractivity contribution in [1.29, 1.82) is 0 Å². The van der Waals surface area contributed by atoms with Crippen LogP contribution < -0.4 is 0 Å². The topological polar surface area (TPSA) is 86.8 Å². The molecule has 1 heterocycles. The van der Waals surface area contributed by atoms with Crippen molar-refractivity contribution in [3.8, 4) is 0 Å². The van der Waals surface area contributed by atoms with Gasteiger partial charge in [0.1, 0.15) is 5.57 Å². The maximum absolute atomic E-state index is 12.6. The van der Waals surface area contributed by atoms with Crippen LogP contribution in [0.3, 0.4) is 0 Å². The number of hydrogen-bond acceptors (Lipinski definition) is 7. The molecule has 9 heteroatoms. The fourth-order valence-corrected chi connectivity index (χ4v) is 3.25. The highest BCUT2D eigenvalue weighted by Gasteiger charge is 2.39. The first-order valence-electron chi connectivity index (χ1n) is 12.9. The van der Waals surface area contributed by atoms with E-state index in [2.05, 4.69) is 13.8 Å². The van der Waals surface area contributed by atoms with E-state index in [0.717, 1.165) is 51.7 Å². The first-order chi connectivity index (χ1) is 16.7. The molecule has 0 atom stereocenters. The van der Waals surface area contributed by atoms with E-state index in [1.165, 1.54) is 10.0 Å². The van der Waals surface area contributed by atoms with Crippen LogP contribution in [0.2, 0.25) is 0 Å². The summed E-state index contributed by atoms with van der Waals surface area (Å²) < 4.78 is 27.5. The normalized spacial score (nSPS) is 15.3. The Labute approximate surface area is 205 Å². The van der Waals surface area contributed by atoms with Crippen molar-refractivity contribution < 1.29 is 33.3 Å². The Morgan fingerprint density at radius 1 is 0.559 bits per heavy atom. The zero-order valence-corrected chi connectivity index (χ0v) is 21.6. The van der Waals surface area contributed by atoms with E-state index >= 15 is 0 Å². The molecule has 0 spiro atoms. The average Bonchev–Trinajstić information content (AvgIpc) is 3.06. The van der Waals surface area contributed by atoms with Crippen LogP contribution in [0.25, 0.3) is 0 Å². The van der Waals surface area contributed by atoms with Gasteiger partial charge in [0.15, 0.2) is 0 Å². The number of ether oxygens (including phenoxy) is 5. The van der Waals surface area contributed by atoms with E-state index in [1.807, 2.05) is 0 Å². The molecule has 0 unspecified atom stereocenters. The fraction of sp³-hybridized carbons (Fsp3) is 0.840. The smallest absolute Gasteiger partial charge is 0.277 e. The van der Waals surface area contributed by atoms with Crippen LogP contribution in [0.1, 0.15) is 59.3 Å². The first kappa shape index (κ1) is 30.5. The van der Waals surface area contributed by atoms with Crippen LogP contribution in [0.5, 0.6) is 0 Å². The number of carbonyl (C=O) groups excluding carboxylic acids is 2. The third-order valence-electron chi connectivity index (χ3n) is 5.27. The Morgan fingerprint density at radius 2 is 0.971 bits per heavy atom. The van der Waals surface area contributed by atoms with Crippen LogP contribution in [0.15, 0.2) is 11.6 Å². The van der Waals surface area contributed by atoms with Gasteiger partial charge in [0.05, 0.1) is 52.8 Å². The van der Waals surface area contributed by atoms with Crippen LogP contribution in [-0.2, 0) is 33.3 Å². The van der Waals surface area contributed by atoms with Gasteiger partial charge < -0.3 is 23.7 Å². The summed E-state index contributed by atoms with van der Waals surface area (Å²) in [6, 6.07) is 0. The summed E-state index contributed by atoms with van der Waals surface area (Å²) in [5, 5.41) is 3.03. The number of hydrazine groups is 1. The zero-order valence-electron chi connectivity index (χ0n) is 21.6. The van der Waals surface area contributed by atoms with E-state index in [-0.39, 0.29) is 17.4 Å². The lowest BCUT2D eigenvalue weighted by molar-refractivity contribution is -0.148. The van der Waals surface area contributed by atoms with Crippen molar-refractivity contribution in [2.45, 2.75) is 59.3 Å². The number of carbonyl (C=O) groups is 2. The molecule has 2 amide bonds. The summed E-state index contributed by atoms with van der Waals surface area (Å²) >= 11 is 0. The second-order valence-electron chi connectivity index (χ2n) is 8.04. The molecule has 0 saturated carbocycles. The molecule has 0 bridgehead atoms. The standard InChI is InChI=1S/C25H46N2O7/c1-4-7-13-30-15-10-9-11-26-24(28)23(6-3)25(29)27(26)12-16-32-18-20-34-22-21-33-19-17-31-14-8-5-2/h6H,4-5,7-22H2,1-3H3/b23-6-. The SMILES string of the molecule is C/C=C1/C(=O)N(CCCCOCCCC)N(CCOCCOCCOCCOCCCC)C1=O. The maximum atomic E-state index is 12.6. The molecule has 0 aliphatic carbocycles. The molecular weight excluding hydrogens is 440 g/mol. The molecule has 9 nitrogen and oxygen atoms in total. The molecule has 198 valence electrons. The molecule has 1 saturated heterocycles. The van der Waals surface area contributed by atoms with E-state index in [1.54, 1.807) is 13.0 Å². The van der Waals surface area contributed by atoms with Gasteiger partial charge in [-0.05, 0) is 32.6 Å². The lowest BCUT2D eigenvalue weighted by Gasteiger charge is -2.27. The quantitative estimate of drug-likeness (QED) is 0.125. The van der Waals surface area contributed by atoms with Gasteiger partial charge in [0, 0.05) is 26.4 Å². The Bertz CT molecular complexity index is 571. The van der Waals surface area contributed by atoms with Crippen LogP contribution in [-0.4, -0.2) is 101 Å². The molecule has 0 radical (unpaired) electrons. The van der Waals surface area contributed by atoms with Crippen LogP contribution in [0, 0.1) is 0 Å². The summed E-state index contributed by atoms with van der Waals surface area (Å²) in [7, 11) is 0. The first-order valence-corrected chi connectivity index (χ1v) is 12.9. The van der Waals surface area contributed by atoms with Crippen molar-refractivity contribution in [1.82, 2.24) is 10.0 Å². The predicted molar refractivity (Wildman–Crippen MR) is 130 cm³/mol. The van der Waals surface area contributed by atoms with Gasteiger partial charge in [0.25, 0.3) is 11.8 Å². The van der Waals surface area contributed by atoms with Crippen LogP contribution >= 0.6 is 0 Å². The Kier molecular flexibility index (Phi) is 18.7. The lowest BCUT2D eigenvalue weighted by Crippen LogP contribution is -2.43.